The Kier molecular flexibility index (Phi) is 8.26. The van der Waals surface area contributed by atoms with Crippen LogP contribution in [0.3, 0.4) is 0 Å². The summed E-state index contributed by atoms with van der Waals surface area (Å²) < 4.78 is 0. The van der Waals surface area contributed by atoms with E-state index in [0.717, 1.165) is 57.8 Å². The fourth-order valence-electron chi connectivity index (χ4n) is 11.2. The van der Waals surface area contributed by atoms with Crippen LogP contribution in [-0.2, 0) is 5.41 Å². The first-order chi connectivity index (χ1) is 19.8. The van der Waals surface area contributed by atoms with Crippen LogP contribution < -0.4 is 0 Å². The lowest BCUT2D eigenvalue weighted by molar-refractivity contribution is 0.235. The van der Waals surface area contributed by atoms with Crippen molar-refractivity contribution >= 4 is 25.4 Å². The molecule has 1 aliphatic heterocycles. The van der Waals surface area contributed by atoms with Gasteiger partial charge in [0.2, 0.25) is 0 Å². The van der Waals surface area contributed by atoms with Gasteiger partial charge in [-0.05, 0) is 124 Å². The number of benzene rings is 2. The molecule has 2 aromatic carbocycles. The summed E-state index contributed by atoms with van der Waals surface area (Å²) in [5.41, 5.74) is 9.95. The monoisotopic (exact) mass is 598 g/mol. The van der Waals surface area contributed by atoms with Gasteiger partial charge in [-0.15, -0.1) is 11.8 Å². The molecule has 0 aromatic heterocycles. The molecule has 0 saturated heterocycles. The molecule has 3 fully saturated rings. The molecule has 9 atom stereocenters. The van der Waals surface area contributed by atoms with Gasteiger partial charge < -0.3 is 0 Å². The molecule has 0 amide bonds. The molecular formula is C40H58SSi. The average Bonchev–Trinajstić information content (AvgIpc) is 3.57. The van der Waals surface area contributed by atoms with Crippen molar-refractivity contribution in [1.82, 2.24) is 0 Å². The van der Waals surface area contributed by atoms with Gasteiger partial charge in [-0.25, -0.2) is 0 Å². The van der Waals surface area contributed by atoms with Crippen LogP contribution in [-0.4, -0.2) is 13.3 Å². The summed E-state index contributed by atoms with van der Waals surface area (Å²) in [5.74, 6) is 5.86. The van der Waals surface area contributed by atoms with Crippen LogP contribution in [0.1, 0.15) is 109 Å². The van der Waals surface area contributed by atoms with E-state index in [9.17, 15) is 0 Å². The molecule has 3 saturated carbocycles. The zero-order valence-electron chi connectivity index (χ0n) is 28.3. The highest BCUT2D eigenvalue weighted by Crippen LogP contribution is 2.69. The Morgan fingerprint density at radius 1 is 0.833 bits per heavy atom. The Morgan fingerprint density at radius 3 is 2.17 bits per heavy atom. The zero-order chi connectivity index (χ0) is 30.1. The molecule has 228 valence electrons. The number of rotatable bonds is 5. The Morgan fingerprint density at radius 2 is 1.52 bits per heavy atom. The molecule has 0 bridgehead atoms. The van der Waals surface area contributed by atoms with E-state index in [0.29, 0.717) is 0 Å². The van der Waals surface area contributed by atoms with Crippen molar-refractivity contribution < 1.29 is 0 Å². The fourth-order valence-corrected chi connectivity index (χ4v) is 20.3. The lowest BCUT2D eigenvalue weighted by Gasteiger charge is -2.48. The second-order valence-corrected chi connectivity index (χ2v) is 23.3. The molecular weight excluding hydrogens is 541 g/mol. The van der Waals surface area contributed by atoms with E-state index in [4.69, 9.17) is 0 Å². The van der Waals surface area contributed by atoms with E-state index >= 15 is 0 Å². The topological polar surface area (TPSA) is 0 Å². The first-order valence-electron chi connectivity index (χ1n) is 17.3. The number of hydrogen-bond acceptors (Lipinski definition) is 1. The zero-order valence-corrected chi connectivity index (χ0v) is 30.2. The van der Waals surface area contributed by atoms with Crippen molar-refractivity contribution in [2.45, 2.75) is 128 Å². The first-order valence-corrected chi connectivity index (χ1v) is 21.4. The normalized spacial score (nSPS) is 35.2. The summed E-state index contributed by atoms with van der Waals surface area (Å²) >= 11 is 2.31. The lowest BCUT2D eigenvalue weighted by atomic mass is 9.70. The Hall–Kier alpha value is -1.25. The third-order valence-electron chi connectivity index (χ3n) is 12.9. The number of aryl methyl sites for hydroxylation is 1. The van der Waals surface area contributed by atoms with E-state index in [-0.39, 0.29) is 5.41 Å². The van der Waals surface area contributed by atoms with Crippen LogP contribution in [0, 0.1) is 42.4 Å². The third kappa shape index (κ3) is 5.13. The van der Waals surface area contributed by atoms with Gasteiger partial charge >= 0.3 is 0 Å². The molecule has 2 heteroatoms. The van der Waals surface area contributed by atoms with Crippen molar-refractivity contribution in [3.05, 3.63) is 75.7 Å². The minimum atomic E-state index is -1.61. The van der Waals surface area contributed by atoms with E-state index in [1.165, 1.54) is 43.2 Å². The quantitative estimate of drug-likeness (QED) is 0.308. The molecule has 0 N–H and O–H groups in total. The van der Waals surface area contributed by atoms with Crippen molar-refractivity contribution in [3.8, 4) is 0 Å². The van der Waals surface area contributed by atoms with Crippen LogP contribution in [0.15, 0.2) is 53.4 Å². The Bertz CT molecular complexity index is 1310. The summed E-state index contributed by atoms with van der Waals surface area (Å²) in [6.07, 6.45) is 7.19. The van der Waals surface area contributed by atoms with Crippen LogP contribution in [0.5, 0.6) is 0 Å². The largest absolute Gasteiger partial charge is 0.127 e. The highest BCUT2D eigenvalue weighted by molar-refractivity contribution is 8.04. The van der Waals surface area contributed by atoms with E-state index in [2.05, 4.69) is 129 Å². The maximum Gasteiger partial charge on any atom is 0.0556 e. The molecule has 0 nitrogen and oxygen atoms in total. The average molecular weight is 599 g/mol. The lowest BCUT2D eigenvalue weighted by Crippen LogP contribution is -2.48. The van der Waals surface area contributed by atoms with Gasteiger partial charge in [0, 0.05) is 5.25 Å². The van der Waals surface area contributed by atoms with Crippen molar-refractivity contribution in [3.63, 3.8) is 0 Å². The second-order valence-electron chi connectivity index (χ2n) is 16.9. The van der Waals surface area contributed by atoms with Gasteiger partial charge in [-0.1, -0.05) is 116 Å². The van der Waals surface area contributed by atoms with Crippen molar-refractivity contribution in [1.29, 1.82) is 0 Å². The summed E-state index contributed by atoms with van der Waals surface area (Å²) in [4.78, 5) is 1.63. The summed E-state index contributed by atoms with van der Waals surface area (Å²) in [7, 11) is -1.61. The molecule has 1 heterocycles. The molecule has 2 aromatic rings. The van der Waals surface area contributed by atoms with Gasteiger partial charge in [0.25, 0.3) is 0 Å². The molecule has 4 aliphatic rings. The van der Waals surface area contributed by atoms with E-state index in [1.807, 2.05) is 0 Å². The molecule has 9 unspecified atom stereocenters. The molecule has 0 spiro atoms. The molecule has 3 aliphatic carbocycles. The summed E-state index contributed by atoms with van der Waals surface area (Å²) in [6, 6.07) is 19.1. The van der Waals surface area contributed by atoms with Crippen LogP contribution in [0.4, 0.5) is 0 Å². The Balaban J connectivity index is 1.30. The van der Waals surface area contributed by atoms with Gasteiger partial charge in [0.05, 0.1) is 8.07 Å². The van der Waals surface area contributed by atoms with Gasteiger partial charge in [0.15, 0.2) is 0 Å². The van der Waals surface area contributed by atoms with E-state index in [1.54, 1.807) is 21.6 Å². The maximum atomic E-state index is 2.88. The first kappa shape index (κ1) is 30.8. The Labute approximate surface area is 263 Å². The highest BCUT2D eigenvalue weighted by atomic mass is 32.2. The predicted molar refractivity (Wildman–Crippen MR) is 189 cm³/mol. The molecule has 42 heavy (non-hydrogen) atoms. The number of fused-ring (bicyclic) bond motifs is 2. The molecule has 0 radical (unpaired) electrons. The second kappa shape index (κ2) is 11.3. The highest BCUT2D eigenvalue weighted by Gasteiger charge is 2.61. The van der Waals surface area contributed by atoms with Crippen molar-refractivity contribution in [2.24, 2.45) is 35.5 Å². The summed E-state index contributed by atoms with van der Waals surface area (Å²) in [5, 5.41) is 0.796. The van der Waals surface area contributed by atoms with Crippen molar-refractivity contribution in [2.75, 3.05) is 0 Å². The third-order valence-corrected chi connectivity index (χ3v) is 19.8. The smallest absolute Gasteiger partial charge is 0.0556 e. The number of allylic oxidation sites excluding steroid dienone is 2. The van der Waals surface area contributed by atoms with Gasteiger partial charge in [-0.3, -0.25) is 0 Å². The number of thioether (sulfide) groups is 1. The minimum Gasteiger partial charge on any atom is -0.127 e. The predicted octanol–water partition coefficient (Wildman–Crippen LogP) is 12.1. The van der Waals surface area contributed by atoms with Gasteiger partial charge in [-0.2, -0.15) is 0 Å². The van der Waals surface area contributed by atoms with E-state index < -0.39 is 8.07 Å². The SMILES string of the molecule is CC1=C(c2ccccc2C)C2CC(C(C)C)C([Si](C)(C)C3C(C)CC4C(c5ccc(C(C)(C)C)cc5)CCCC43)C2S1. The standard InChI is InChI=1S/C40H58SSi/c1-24(2)33-23-35-36(30-15-12-11-14-25(30)3)27(5)41-37(35)39(33)42(9,10)38-26(4)22-34-31(16-13-17-32(34)38)28-18-20-29(21-19-28)40(6,7)8/h11-12,14-15,18-21,24,26,31-35,37-39H,13,16-17,22-23H2,1-10H3. The van der Waals surface area contributed by atoms with Gasteiger partial charge in [0.1, 0.15) is 0 Å². The van der Waals surface area contributed by atoms with Crippen LogP contribution in [0.25, 0.3) is 5.57 Å². The number of hydrogen-bond donors (Lipinski definition) is 0. The van der Waals surface area contributed by atoms with Crippen LogP contribution in [0.2, 0.25) is 24.2 Å². The maximum absolute atomic E-state index is 2.88. The van der Waals surface area contributed by atoms with Crippen LogP contribution >= 0.6 is 11.8 Å². The minimum absolute atomic E-state index is 0.229. The fraction of sp³-hybridized carbons (Fsp3) is 0.650. The molecule has 6 rings (SSSR count). The summed E-state index contributed by atoms with van der Waals surface area (Å²) in [6.45, 7) is 25.3.